The van der Waals surface area contributed by atoms with Crippen LogP contribution < -0.4 is 4.90 Å². The van der Waals surface area contributed by atoms with Crippen LogP contribution in [0, 0.1) is 0 Å². The fourth-order valence-electron chi connectivity index (χ4n) is 4.78. The topological polar surface area (TPSA) is 73.7 Å². The first-order valence-electron chi connectivity index (χ1n) is 12.0. The second-order valence-electron chi connectivity index (χ2n) is 10.2. The molecule has 1 atom stereocenters. The van der Waals surface area contributed by atoms with Gasteiger partial charge in [-0.2, -0.15) is 0 Å². The fourth-order valence-corrected chi connectivity index (χ4v) is 5.75. The van der Waals surface area contributed by atoms with Crippen molar-refractivity contribution >= 4 is 22.4 Å². The van der Waals surface area contributed by atoms with E-state index in [1.807, 2.05) is 47.8 Å². The molecule has 0 spiro atoms. The summed E-state index contributed by atoms with van der Waals surface area (Å²) in [7, 11) is 0. The lowest BCUT2D eigenvalue weighted by molar-refractivity contribution is -0.136. The molecule has 1 saturated carbocycles. The quantitative estimate of drug-likeness (QED) is 0.419. The summed E-state index contributed by atoms with van der Waals surface area (Å²) >= 11 is 1.48. The molecule has 34 heavy (non-hydrogen) atoms. The van der Waals surface area contributed by atoms with E-state index in [0.717, 1.165) is 41.9 Å². The lowest BCUT2D eigenvalue weighted by Gasteiger charge is -2.30. The number of thiazole rings is 1. The van der Waals surface area contributed by atoms with E-state index >= 15 is 0 Å². The van der Waals surface area contributed by atoms with Crippen LogP contribution in [0.4, 0.5) is 5.13 Å². The summed E-state index contributed by atoms with van der Waals surface area (Å²) in [4.78, 5) is 18.4. The van der Waals surface area contributed by atoms with Gasteiger partial charge in [0.2, 0.25) is 0 Å². The van der Waals surface area contributed by atoms with E-state index in [9.17, 15) is 15.0 Å². The Labute approximate surface area is 206 Å². The lowest BCUT2D eigenvalue weighted by atomic mass is 9.81. The highest BCUT2D eigenvalue weighted by atomic mass is 32.1. The van der Waals surface area contributed by atoms with E-state index in [2.05, 4.69) is 37.8 Å². The van der Waals surface area contributed by atoms with Gasteiger partial charge in [-0.05, 0) is 34.9 Å². The number of aliphatic hydroxyl groups is 1. The first-order chi connectivity index (χ1) is 16.2. The van der Waals surface area contributed by atoms with Gasteiger partial charge >= 0.3 is 5.97 Å². The van der Waals surface area contributed by atoms with E-state index in [0.29, 0.717) is 18.3 Å². The molecule has 1 unspecified atom stereocenters. The molecule has 1 fully saturated rings. The van der Waals surface area contributed by atoms with E-state index in [4.69, 9.17) is 4.98 Å². The zero-order chi connectivity index (χ0) is 24.3. The van der Waals surface area contributed by atoms with E-state index in [1.54, 1.807) is 0 Å². The van der Waals surface area contributed by atoms with Gasteiger partial charge in [-0.15, -0.1) is 11.3 Å². The zero-order valence-corrected chi connectivity index (χ0v) is 21.0. The molecule has 0 saturated heterocycles. The predicted molar refractivity (Wildman–Crippen MR) is 138 cm³/mol. The highest BCUT2D eigenvalue weighted by Gasteiger charge is 2.37. The van der Waals surface area contributed by atoms with Gasteiger partial charge in [0.05, 0.1) is 12.1 Å². The summed E-state index contributed by atoms with van der Waals surface area (Å²) in [5.74, 6) is -0.806. The molecule has 5 nitrogen and oxygen atoms in total. The SMILES string of the molecule is CC(C)(C)c1ccc(C(O)(c2ccccc2)c2csc(N(CCC(=O)O)C3CCCC3)n2)cc1. The molecule has 0 bridgehead atoms. The number of nitrogens with zero attached hydrogens (tertiary/aromatic N) is 2. The average Bonchev–Trinajstić information content (AvgIpc) is 3.52. The molecule has 1 heterocycles. The summed E-state index contributed by atoms with van der Waals surface area (Å²) < 4.78 is 0. The summed E-state index contributed by atoms with van der Waals surface area (Å²) in [6, 6.07) is 18.1. The molecule has 1 aliphatic carbocycles. The van der Waals surface area contributed by atoms with Crippen LogP contribution in [0.1, 0.15) is 75.3 Å². The highest BCUT2D eigenvalue weighted by Crippen LogP contribution is 2.40. The highest BCUT2D eigenvalue weighted by molar-refractivity contribution is 7.13. The molecule has 3 aromatic rings. The number of carboxylic acids is 1. The number of rotatable bonds is 8. The third-order valence-electron chi connectivity index (χ3n) is 6.80. The van der Waals surface area contributed by atoms with E-state index in [1.165, 1.54) is 16.9 Å². The number of carboxylic acid groups (broad SMARTS) is 1. The van der Waals surface area contributed by atoms with Crippen LogP contribution in [0.25, 0.3) is 0 Å². The Hall–Kier alpha value is -2.70. The first kappa shape index (κ1) is 24.4. The minimum atomic E-state index is -1.40. The Balaban J connectivity index is 1.75. The Morgan fingerprint density at radius 2 is 1.59 bits per heavy atom. The molecular weight excluding hydrogens is 444 g/mol. The van der Waals surface area contributed by atoms with Crippen molar-refractivity contribution < 1.29 is 15.0 Å². The van der Waals surface area contributed by atoms with Crippen LogP contribution >= 0.6 is 11.3 Å². The number of aliphatic carboxylic acids is 1. The van der Waals surface area contributed by atoms with Crippen LogP contribution in [0.3, 0.4) is 0 Å². The average molecular weight is 479 g/mol. The normalized spacial score (nSPS) is 16.4. The van der Waals surface area contributed by atoms with Crippen LogP contribution in [-0.2, 0) is 15.8 Å². The Morgan fingerprint density at radius 3 is 2.18 bits per heavy atom. The molecule has 6 heteroatoms. The Kier molecular flexibility index (Phi) is 7.10. The molecule has 0 radical (unpaired) electrons. The number of hydrogen-bond acceptors (Lipinski definition) is 5. The largest absolute Gasteiger partial charge is 0.481 e. The minimum Gasteiger partial charge on any atom is -0.481 e. The maximum atomic E-state index is 12.2. The first-order valence-corrected chi connectivity index (χ1v) is 12.9. The molecule has 2 N–H and O–H groups in total. The monoisotopic (exact) mass is 478 g/mol. The Morgan fingerprint density at radius 1 is 1.00 bits per heavy atom. The van der Waals surface area contributed by atoms with E-state index < -0.39 is 11.6 Å². The smallest absolute Gasteiger partial charge is 0.305 e. The van der Waals surface area contributed by atoms with Crippen molar-refractivity contribution in [3.63, 3.8) is 0 Å². The summed E-state index contributed by atoms with van der Waals surface area (Å²) in [5, 5.41) is 24.2. The second kappa shape index (κ2) is 9.88. The van der Waals surface area contributed by atoms with Crippen molar-refractivity contribution in [2.45, 2.75) is 69.9 Å². The number of carbonyl (C=O) groups is 1. The standard InChI is InChI=1S/C28H34N2O3S/c1-27(2,3)20-13-15-22(16-14-20)28(33,21-9-5-4-6-10-21)24-19-34-26(29-24)30(18-17-25(31)32)23-11-7-8-12-23/h4-6,9-10,13-16,19,23,33H,7-8,11-12,17-18H2,1-3H3,(H,31,32). The number of benzene rings is 2. The lowest BCUT2D eigenvalue weighted by Crippen LogP contribution is -2.35. The van der Waals surface area contributed by atoms with Gasteiger partial charge in [-0.1, -0.05) is 88.2 Å². The van der Waals surface area contributed by atoms with E-state index in [-0.39, 0.29) is 11.8 Å². The van der Waals surface area contributed by atoms with Gasteiger partial charge in [0, 0.05) is 18.0 Å². The van der Waals surface area contributed by atoms with Crippen molar-refractivity contribution in [3.8, 4) is 0 Å². The third kappa shape index (κ3) is 5.03. The van der Waals surface area contributed by atoms with Gasteiger partial charge in [-0.3, -0.25) is 4.79 Å². The maximum Gasteiger partial charge on any atom is 0.305 e. The van der Waals surface area contributed by atoms with Crippen molar-refractivity contribution in [1.29, 1.82) is 0 Å². The Bertz CT molecular complexity index is 1100. The fraction of sp³-hybridized carbons (Fsp3) is 0.429. The summed E-state index contributed by atoms with van der Waals surface area (Å²) in [5.41, 5.74) is 1.91. The van der Waals surface area contributed by atoms with Crippen LogP contribution in [0.2, 0.25) is 0 Å². The maximum absolute atomic E-state index is 12.2. The number of anilines is 1. The summed E-state index contributed by atoms with van der Waals surface area (Å²) in [6.07, 6.45) is 4.47. The molecule has 2 aromatic carbocycles. The third-order valence-corrected chi connectivity index (χ3v) is 7.68. The zero-order valence-electron chi connectivity index (χ0n) is 20.2. The molecule has 1 aromatic heterocycles. The summed E-state index contributed by atoms with van der Waals surface area (Å²) in [6.45, 7) is 6.95. The van der Waals surface area contributed by atoms with Gasteiger partial charge in [-0.25, -0.2) is 4.98 Å². The van der Waals surface area contributed by atoms with Gasteiger partial charge in [0.15, 0.2) is 10.7 Å². The molecular formula is C28H34N2O3S. The number of aromatic nitrogens is 1. The minimum absolute atomic E-state index is 0.0170. The van der Waals surface area contributed by atoms with Crippen LogP contribution in [0.5, 0.6) is 0 Å². The van der Waals surface area contributed by atoms with Crippen molar-refractivity contribution in [2.24, 2.45) is 0 Å². The molecule has 1 aliphatic rings. The van der Waals surface area contributed by atoms with Crippen molar-refractivity contribution in [1.82, 2.24) is 4.98 Å². The molecule has 0 amide bonds. The second-order valence-corrected chi connectivity index (χ2v) is 11.0. The molecule has 180 valence electrons. The molecule has 4 rings (SSSR count). The van der Waals surface area contributed by atoms with Gasteiger partial charge in [0.1, 0.15) is 0 Å². The predicted octanol–water partition coefficient (Wildman–Crippen LogP) is 5.95. The molecule has 0 aliphatic heterocycles. The van der Waals surface area contributed by atoms with Crippen molar-refractivity contribution in [3.05, 3.63) is 82.4 Å². The van der Waals surface area contributed by atoms with Gasteiger partial charge < -0.3 is 15.1 Å². The van der Waals surface area contributed by atoms with Gasteiger partial charge in [0.25, 0.3) is 0 Å². The van der Waals surface area contributed by atoms with Crippen LogP contribution in [-0.4, -0.2) is 33.8 Å². The number of hydrogen-bond donors (Lipinski definition) is 2. The van der Waals surface area contributed by atoms with Crippen molar-refractivity contribution in [2.75, 3.05) is 11.4 Å². The van der Waals surface area contributed by atoms with Crippen LogP contribution in [0.15, 0.2) is 60.0 Å².